The van der Waals surface area contributed by atoms with Crippen LogP contribution in [0.4, 0.5) is 0 Å². The molecular formula is C14H16N2OS2. The quantitative estimate of drug-likeness (QED) is 0.863. The molecule has 1 fully saturated rings. The number of para-hydroxylation sites is 1. The third-order valence-corrected chi connectivity index (χ3v) is 5.53. The largest absolute Gasteiger partial charge is 0.332 e. The Morgan fingerprint density at radius 2 is 2.26 bits per heavy atom. The van der Waals surface area contributed by atoms with E-state index in [2.05, 4.69) is 11.9 Å². The summed E-state index contributed by atoms with van der Waals surface area (Å²) < 4.78 is 2.38. The Labute approximate surface area is 121 Å². The lowest BCUT2D eigenvalue weighted by Crippen LogP contribution is -2.32. The molecule has 2 aromatic rings. The standard InChI is InChI=1S/C14H16N2OS2/c1-14(7-4-8-19-14)9-16-12(17)10-5-2-3-6-11(10)15-13(16)18/h2-3,5-6H,4,7-9H2,1H3,(H,15,18). The van der Waals surface area contributed by atoms with Gasteiger partial charge in [0, 0.05) is 11.3 Å². The summed E-state index contributed by atoms with van der Waals surface area (Å²) in [5.41, 5.74) is 0.839. The highest BCUT2D eigenvalue weighted by Gasteiger charge is 2.30. The van der Waals surface area contributed by atoms with Crippen LogP contribution in [-0.2, 0) is 6.54 Å². The zero-order chi connectivity index (χ0) is 13.5. The number of hydrogen-bond donors (Lipinski definition) is 1. The molecule has 100 valence electrons. The van der Waals surface area contributed by atoms with E-state index in [1.54, 1.807) is 4.57 Å². The molecule has 1 aromatic carbocycles. The molecular weight excluding hydrogens is 276 g/mol. The van der Waals surface area contributed by atoms with Gasteiger partial charge >= 0.3 is 0 Å². The SMILES string of the molecule is CC1(Cn2c(=S)[nH]c3ccccc3c2=O)CCCS1. The first-order valence-electron chi connectivity index (χ1n) is 6.45. The lowest BCUT2D eigenvalue weighted by molar-refractivity contribution is 0.494. The van der Waals surface area contributed by atoms with Crippen LogP contribution in [0.2, 0.25) is 0 Å². The summed E-state index contributed by atoms with van der Waals surface area (Å²) in [4.78, 5) is 15.7. The van der Waals surface area contributed by atoms with Crippen LogP contribution < -0.4 is 5.56 Å². The van der Waals surface area contributed by atoms with E-state index in [0.717, 1.165) is 11.9 Å². The van der Waals surface area contributed by atoms with Crippen molar-refractivity contribution in [2.24, 2.45) is 0 Å². The zero-order valence-electron chi connectivity index (χ0n) is 10.8. The molecule has 1 N–H and O–H groups in total. The highest BCUT2D eigenvalue weighted by Crippen LogP contribution is 2.38. The molecule has 1 aliphatic heterocycles. The van der Waals surface area contributed by atoms with Crippen molar-refractivity contribution in [2.45, 2.75) is 31.1 Å². The molecule has 19 heavy (non-hydrogen) atoms. The second-order valence-corrected chi connectivity index (χ2v) is 7.34. The van der Waals surface area contributed by atoms with Gasteiger partial charge in [-0.15, -0.1) is 0 Å². The van der Waals surface area contributed by atoms with Crippen molar-refractivity contribution < 1.29 is 0 Å². The van der Waals surface area contributed by atoms with Crippen LogP contribution in [0.5, 0.6) is 0 Å². The number of nitrogens with zero attached hydrogens (tertiary/aromatic N) is 1. The lowest BCUT2D eigenvalue weighted by Gasteiger charge is -2.23. The van der Waals surface area contributed by atoms with Gasteiger partial charge in [-0.1, -0.05) is 12.1 Å². The predicted molar refractivity (Wildman–Crippen MR) is 83.5 cm³/mol. The Morgan fingerprint density at radius 3 is 3.00 bits per heavy atom. The van der Waals surface area contributed by atoms with E-state index in [9.17, 15) is 4.79 Å². The lowest BCUT2D eigenvalue weighted by atomic mass is 10.1. The van der Waals surface area contributed by atoms with Gasteiger partial charge in [0.05, 0.1) is 10.9 Å². The molecule has 0 saturated carbocycles. The van der Waals surface area contributed by atoms with E-state index in [0.29, 0.717) is 16.7 Å². The van der Waals surface area contributed by atoms with E-state index in [1.807, 2.05) is 36.0 Å². The monoisotopic (exact) mass is 292 g/mol. The number of fused-ring (bicyclic) bond motifs is 1. The molecule has 5 heteroatoms. The summed E-state index contributed by atoms with van der Waals surface area (Å²) in [5, 5.41) is 0.711. The van der Waals surface area contributed by atoms with Crippen LogP contribution in [0.3, 0.4) is 0 Å². The first-order chi connectivity index (χ1) is 9.09. The van der Waals surface area contributed by atoms with Gasteiger partial charge in [-0.3, -0.25) is 9.36 Å². The maximum atomic E-state index is 12.5. The fourth-order valence-electron chi connectivity index (χ4n) is 2.64. The van der Waals surface area contributed by atoms with Crippen molar-refractivity contribution in [3.63, 3.8) is 0 Å². The molecule has 1 aliphatic rings. The van der Waals surface area contributed by atoms with Crippen LogP contribution in [0.25, 0.3) is 10.9 Å². The van der Waals surface area contributed by atoms with Gasteiger partial charge in [0.15, 0.2) is 4.77 Å². The van der Waals surface area contributed by atoms with E-state index >= 15 is 0 Å². The van der Waals surface area contributed by atoms with Crippen LogP contribution in [-0.4, -0.2) is 20.1 Å². The summed E-state index contributed by atoms with van der Waals surface area (Å²) in [7, 11) is 0. The summed E-state index contributed by atoms with van der Waals surface area (Å²) in [5.74, 6) is 1.18. The second-order valence-electron chi connectivity index (χ2n) is 5.27. The molecule has 0 radical (unpaired) electrons. The van der Waals surface area contributed by atoms with Crippen LogP contribution in [0.1, 0.15) is 19.8 Å². The van der Waals surface area contributed by atoms with Gasteiger partial charge in [-0.25, -0.2) is 0 Å². The van der Waals surface area contributed by atoms with Gasteiger partial charge in [0.25, 0.3) is 5.56 Å². The first kappa shape index (κ1) is 12.9. The minimum atomic E-state index is 0.0214. The zero-order valence-corrected chi connectivity index (χ0v) is 12.4. The van der Waals surface area contributed by atoms with Crippen LogP contribution in [0, 0.1) is 4.77 Å². The molecule has 1 unspecified atom stereocenters. The molecule has 1 aromatic heterocycles. The number of hydrogen-bond acceptors (Lipinski definition) is 3. The van der Waals surface area contributed by atoms with Crippen molar-refractivity contribution in [2.75, 3.05) is 5.75 Å². The topological polar surface area (TPSA) is 37.8 Å². The van der Waals surface area contributed by atoms with Crippen molar-refractivity contribution in [1.82, 2.24) is 9.55 Å². The maximum absolute atomic E-state index is 12.5. The number of rotatable bonds is 2. The summed E-state index contributed by atoms with van der Waals surface area (Å²) >= 11 is 7.29. The number of aromatic nitrogens is 2. The average Bonchev–Trinajstić information content (AvgIpc) is 2.82. The Morgan fingerprint density at radius 1 is 1.47 bits per heavy atom. The molecule has 3 rings (SSSR count). The number of benzene rings is 1. The second kappa shape index (κ2) is 4.80. The Hall–Kier alpha value is -1.07. The molecule has 1 saturated heterocycles. The maximum Gasteiger partial charge on any atom is 0.262 e. The summed E-state index contributed by atoms with van der Waals surface area (Å²) in [6.07, 6.45) is 2.37. The third-order valence-electron chi connectivity index (χ3n) is 3.68. The molecule has 0 aliphatic carbocycles. The highest BCUT2D eigenvalue weighted by molar-refractivity contribution is 8.00. The molecule has 1 atom stereocenters. The number of aromatic amines is 1. The summed E-state index contributed by atoms with van der Waals surface area (Å²) in [6, 6.07) is 7.54. The van der Waals surface area contributed by atoms with Gasteiger partial charge in [0.1, 0.15) is 0 Å². The van der Waals surface area contributed by atoms with E-state index in [-0.39, 0.29) is 10.3 Å². The Balaban J connectivity index is 2.13. The Kier molecular flexibility index (Phi) is 3.27. The molecule has 0 spiro atoms. The van der Waals surface area contributed by atoms with Gasteiger partial charge < -0.3 is 4.98 Å². The van der Waals surface area contributed by atoms with Gasteiger partial charge in [0.2, 0.25) is 0 Å². The predicted octanol–water partition coefficient (Wildman–Crippen LogP) is 3.34. The molecule has 3 nitrogen and oxygen atoms in total. The highest BCUT2D eigenvalue weighted by atomic mass is 32.2. The average molecular weight is 292 g/mol. The van der Waals surface area contributed by atoms with Crippen LogP contribution >= 0.6 is 24.0 Å². The van der Waals surface area contributed by atoms with E-state index in [4.69, 9.17) is 12.2 Å². The van der Waals surface area contributed by atoms with Crippen molar-refractivity contribution in [1.29, 1.82) is 0 Å². The molecule has 0 amide bonds. The smallest absolute Gasteiger partial charge is 0.262 e. The van der Waals surface area contributed by atoms with Crippen molar-refractivity contribution in [3.8, 4) is 0 Å². The summed E-state index contributed by atoms with van der Waals surface area (Å²) in [6.45, 7) is 2.91. The fraction of sp³-hybridized carbons (Fsp3) is 0.429. The minimum absolute atomic E-state index is 0.0214. The Bertz CT molecular complexity index is 726. The third kappa shape index (κ3) is 2.37. The number of H-pyrrole nitrogens is 1. The van der Waals surface area contributed by atoms with E-state index in [1.165, 1.54) is 12.2 Å². The van der Waals surface area contributed by atoms with Crippen molar-refractivity contribution >= 4 is 34.9 Å². The first-order valence-corrected chi connectivity index (χ1v) is 7.84. The number of thioether (sulfide) groups is 1. The normalized spacial score (nSPS) is 23.0. The molecule has 2 heterocycles. The minimum Gasteiger partial charge on any atom is -0.332 e. The van der Waals surface area contributed by atoms with Gasteiger partial charge in [-0.05, 0) is 49.9 Å². The van der Waals surface area contributed by atoms with Gasteiger partial charge in [-0.2, -0.15) is 11.8 Å². The van der Waals surface area contributed by atoms with E-state index < -0.39 is 0 Å². The van der Waals surface area contributed by atoms with Crippen LogP contribution in [0.15, 0.2) is 29.1 Å². The molecule has 0 bridgehead atoms. The number of nitrogens with one attached hydrogen (secondary N) is 1. The van der Waals surface area contributed by atoms with Crippen molar-refractivity contribution in [3.05, 3.63) is 39.4 Å². The fourth-order valence-corrected chi connectivity index (χ4v) is 4.19.